The minimum absolute atomic E-state index is 0.141. The molecule has 0 aliphatic heterocycles. The van der Waals surface area contributed by atoms with Crippen LogP contribution in [-0.4, -0.2) is 5.91 Å². The van der Waals surface area contributed by atoms with Gasteiger partial charge in [-0.1, -0.05) is 6.07 Å². The highest BCUT2D eigenvalue weighted by Gasteiger charge is 2.15. The van der Waals surface area contributed by atoms with Crippen LogP contribution in [0.4, 0.5) is 20.2 Å². The van der Waals surface area contributed by atoms with Crippen LogP contribution in [0, 0.1) is 18.6 Å². The van der Waals surface area contributed by atoms with Gasteiger partial charge in [0.25, 0.3) is 5.91 Å². The number of anilines is 2. The molecule has 0 heterocycles. The summed E-state index contributed by atoms with van der Waals surface area (Å²) in [6.07, 6.45) is 0. The number of nitrogens with two attached hydrogens (primary N) is 1. The normalized spacial score (nSPS) is 10.3. The molecule has 0 aromatic heterocycles. The molecule has 21 heavy (non-hydrogen) atoms. The second-order valence-electron chi connectivity index (χ2n) is 4.40. The molecule has 0 unspecified atom stereocenters. The molecule has 2 rings (SSSR count). The molecule has 0 fully saturated rings. The number of amides is 1. The molecule has 2 aromatic carbocycles. The zero-order valence-electron chi connectivity index (χ0n) is 11.0. The summed E-state index contributed by atoms with van der Waals surface area (Å²) in [4.78, 5) is 12.1. The van der Waals surface area contributed by atoms with Crippen molar-refractivity contribution in [3.8, 4) is 0 Å². The van der Waals surface area contributed by atoms with E-state index in [-0.39, 0.29) is 5.56 Å². The highest BCUT2D eigenvalue weighted by Crippen LogP contribution is 2.25. The molecule has 0 spiro atoms. The molecule has 110 valence electrons. The summed E-state index contributed by atoms with van der Waals surface area (Å²) in [6.45, 7) is 1.86. The van der Waals surface area contributed by atoms with E-state index < -0.39 is 23.2 Å². The van der Waals surface area contributed by atoms with Crippen LogP contribution < -0.4 is 16.6 Å². The zero-order valence-corrected chi connectivity index (χ0v) is 12.6. The fourth-order valence-corrected chi connectivity index (χ4v) is 2.12. The molecule has 0 saturated heterocycles. The molecule has 4 N–H and O–H groups in total. The van der Waals surface area contributed by atoms with Gasteiger partial charge in [0.1, 0.15) is 5.69 Å². The van der Waals surface area contributed by atoms with Crippen LogP contribution in [0.5, 0.6) is 0 Å². The van der Waals surface area contributed by atoms with Crippen molar-refractivity contribution in [2.24, 2.45) is 5.84 Å². The summed E-state index contributed by atoms with van der Waals surface area (Å²) in [5, 5.41) is 2.59. The number of benzene rings is 2. The smallest absolute Gasteiger partial charge is 0.255 e. The monoisotopic (exact) mass is 355 g/mol. The number of carbonyl (C=O) groups excluding carboxylic acids is 1. The number of aryl methyl sites for hydroxylation is 1. The van der Waals surface area contributed by atoms with Gasteiger partial charge in [0, 0.05) is 10.0 Å². The first-order chi connectivity index (χ1) is 9.92. The number of rotatable bonds is 3. The zero-order chi connectivity index (χ0) is 15.6. The number of nitrogen functional groups attached to an aromatic ring is 1. The highest BCUT2D eigenvalue weighted by atomic mass is 79.9. The molecule has 1 amide bonds. The Morgan fingerprint density at radius 2 is 1.81 bits per heavy atom. The number of carbonyl (C=O) groups is 1. The Balaban J connectivity index is 2.31. The molecule has 4 nitrogen and oxygen atoms in total. The van der Waals surface area contributed by atoms with Crippen molar-refractivity contribution in [1.29, 1.82) is 0 Å². The SMILES string of the molecule is Cc1ccc(Br)c(NC(=O)c2cc(F)c(NN)c(F)c2)c1. The Morgan fingerprint density at radius 3 is 2.38 bits per heavy atom. The molecule has 2 aromatic rings. The van der Waals surface area contributed by atoms with E-state index in [1.807, 2.05) is 18.4 Å². The summed E-state index contributed by atoms with van der Waals surface area (Å²) in [7, 11) is 0. The summed E-state index contributed by atoms with van der Waals surface area (Å²) < 4.78 is 27.8. The molecule has 0 bridgehead atoms. The lowest BCUT2D eigenvalue weighted by atomic mass is 10.1. The maximum absolute atomic E-state index is 13.6. The standard InChI is InChI=1S/C14H12BrF2N3O/c1-7-2-3-9(15)12(4-7)19-14(21)8-5-10(16)13(20-18)11(17)6-8/h2-6,20H,18H2,1H3,(H,19,21). The van der Waals surface area contributed by atoms with Gasteiger partial charge >= 0.3 is 0 Å². The molecule has 0 aliphatic carbocycles. The minimum Gasteiger partial charge on any atom is -0.321 e. The predicted octanol–water partition coefficient (Wildman–Crippen LogP) is 3.57. The van der Waals surface area contributed by atoms with E-state index in [2.05, 4.69) is 21.2 Å². The first-order valence-corrected chi connectivity index (χ1v) is 6.75. The van der Waals surface area contributed by atoms with Gasteiger partial charge in [-0.3, -0.25) is 10.6 Å². The molecular formula is C14H12BrF2N3O. The second-order valence-corrected chi connectivity index (χ2v) is 5.25. The molecule has 0 atom stereocenters. The average molecular weight is 356 g/mol. The van der Waals surface area contributed by atoms with Crippen LogP contribution in [0.15, 0.2) is 34.8 Å². The van der Waals surface area contributed by atoms with E-state index in [1.165, 1.54) is 0 Å². The van der Waals surface area contributed by atoms with Crippen molar-refractivity contribution in [1.82, 2.24) is 0 Å². The Bertz CT molecular complexity index is 684. The number of halogens is 3. The van der Waals surface area contributed by atoms with Gasteiger partial charge in [0.05, 0.1) is 5.69 Å². The van der Waals surface area contributed by atoms with Gasteiger partial charge in [0.2, 0.25) is 0 Å². The Hall–Kier alpha value is -1.99. The molecular weight excluding hydrogens is 344 g/mol. The van der Waals surface area contributed by atoms with E-state index in [1.54, 1.807) is 12.1 Å². The fraction of sp³-hybridized carbons (Fsp3) is 0.0714. The number of hydrogen-bond acceptors (Lipinski definition) is 3. The third kappa shape index (κ3) is 3.37. The number of nitrogens with one attached hydrogen (secondary N) is 2. The van der Waals surface area contributed by atoms with Crippen LogP contribution in [0.2, 0.25) is 0 Å². The third-order valence-corrected chi connectivity index (χ3v) is 3.51. The molecule has 0 radical (unpaired) electrons. The molecule has 0 aliphatic rings. The maximum atomic E-state index is 13.6. The lowest BCUT2D eigenvalue weighted by molar-refractivity contribution is 0.102. The number of hydrazine groups is 1. The Labute approximate surface area is 128 Å². The Kier molecular flexibility index (Phi) is 4.54. The number of hydrogen-bond donors (Lipinski definition) is 3. The van der Waals surface area contributed by atoms with Crippen molar-refractivity contribution < 1.29 is 13.6 Å². The Morgan fingerprint density at radius 1 is 1.19 bits per heavy atom. The predicted molar refractivity (Wildman–Crippen MR) is 81.0 cm³/mol. The van der Waals surface area contributed by atoms with Crippen molar-refractivity contribution in [3.05, 3.63) is 57.6 Å². The van der Waals surface area contributed by atoms with Gasteiger partial charge in [-0.05, 0) is 52.7 Å². The lowest BCUT2D eigenvalue weighted by Gasteiger charge is -2.10. The summed E-state index contributed by atoms with van der Waals surface area (Å²) in [6, 6.07) is 7.20. The van der Waals surface area contributed by atoms with Gasteiger partial charge in [-0.25, -0.2) is 8.78 Å². The highest BCUT2D eigenvalue weighted by molar-refractivity contribution is 9.10. The van der Waals surface area contributed by atoms with E-state index in [9.17, 15) is 13.6 Å². The van der Waals surface area contributed by atoms with Gasteiger partial charge in [-0.2, -0.15) is 0 Å². The second kappa shape index (κ2) is 6.19. The summed E-state index contributed by atoms with van der Waals surface area (Å²) >= 11 is 3.29. The van der Waals surface area contributed by atoms with Gasteiger partial charge < -0.3 is 10.7 Å². The van der Waals surface area contributed by atoms with E-state index in [4.69, 9.17) is 5.84 Å². The van der Waals surface area contributed by atoms with E-state index in [0.717, 1.165) is 17.7 Å². The molecule has 7 heteroatoms. The van der Waals surface area contributed by atoms with Crippen molar-refractivity contribution >= 4 is 33.2 Å². The van der Waals surface area contributed by atoms with Crippen molar-refractivity contribution in [3.63, 3.8) is 0 Å². The fourth-order valence-electron chi connectivity index (χ4n) is 1.77. The van der Waals surface area contributed by atoms with Gasteiger partial charge in [-0.15, -0.1) is 0 Å². The van der Waals surface area contributed by atoms with Crippen LogP contribution in [0.3, 0.4) is 0 Å². The first-order valence-electron chi connectivity index (χ1n) is 5.95. The molecule has 0 saturated carbocycles. The van der Waals surface area contributed by atoms with Gasteiger partial charge in [0.15, 0.2) is 11.6 Å². The van der Waals surface area contributed by atoms with Crippen LogP contribution in [-0.2, 0) is 0 Å². The first kappa shape index (κ1) is 15.4. The van der Waals surface area contributed by atoms with Crippen molar-refractivity contribution in [2.45, 2.75) is 6.92 Å². The minimum atomic E-state index is -0.939. The van der Waals surface area contributed by atoms with E-state index >= 15 is 0 Å². The quantitative estimate of drug-likeness (QED) is 0.582. The largest absolute Gasteiger partial charge is 0.321 e. The summed E-state index contributed by atoms with van der Waals surface area (Å²) in [5.74, 6) is 2.50. The lowest BCUT2D eigenvalue weighted by Crippen LogP contribution is -2.15. The average Bonchev–Trinajstić information content (AvgIpc) is 2.42. The van der Waals surface area contributed by atoms with Crippen LogP contribution in [0.25, 0.3) is 0 Å². The van der Waals surface area contributed by atoms with Crippen molar-refractivity contribution in [2.75, 3.05) is 10.7 Å². The van der Waals surface area contributed by atoms with E-state index in [0.29, 0.717) is 10.2 Å². The summed E-state index contributed by atoms with van der Waals surface area (Å²) in [5.41, 5.74) is 2.74. The topological polar surface area (TPSA) is 67.2 Å². The van der Waals surface area contributed by atoms with Crippen LogP contribution in [0.1, 0.15) is 15.9 Å². The van der Waals surface area contributed by atoms with Crippen LogP contribution >= 0.6 is 15.9 Å². The third-order valence-electron chi connectivity index (χ3n) is 2.82. The maximum Gasteiger partial charge on any atom is 0.255 e.